The molecule has 0 bridgehead atoms. The van der Waals surface area contributed by atoms with E-state index in [1.54, 1.807) is 7.05 Å². The van der Waals surface area contributed by atoms with Crippen molar-refractivity contribution in [2.75, 3.05) is 19.0 Å². The Bertz CT molecular complexity index is 348. The molecule has 4 nitrogen and oxygen atoms in total. The Morgan fingerprint density at radius 1 is 1.44 bits per heavy atom. The molecule has 1 unspecified atom stereocenters. The zero-order valence-corrected chi connectivity index (χ0v) is 10.0. The Morgan fingerprint density at radius 2 is 2.00 bits per heavy atom. The Balaban J connectivity index is 2.79. The zero-order valence-electron chi connectivity index (χ0n) is 10.0. The van der Waals surface area contributed by atoms with Crippen LogP contribution in [0.4, 0.5) is 5.69 Å². The molecule has 3 N–H and O–H groups in total. The van der Waals surface area contributed by atoms with Crippen LogP contribution in [0.2, 0.25) is 0 Å². The van der Waals surface area contributed by atoms with Gasteiger partial charge in [0.1, 0.15) is 6.04 Å². The summed E-state index contributed by atoms with van der Waals surface area (Å²) < 4.78 is 0. The number of carbonyl (C=O) groups is 1. The van der Waals surface area contributed by atoms with E-state index in [0.29, 0.717) is 6.54 Å². The van der Waals surface area contributed by atoms with E-state index in [9.17, 15) is 4.79 Å². The summed E-state index contributed by atoms with van der Waals surface area (Å²) in [5.41, 5.74) is 7.62. The van der Waals surface area contributed by atoms with Crippen molar-refractivity contribution < 1.29 is 4.79 Å². The molecule has 0 saturated carbocycles. The molecule has 88 valence electrons. The predicted molar refractivity (Wildman–Crippen MR) is 66.3 cm³/mol. The zero-order chi connectivity index (χ0) is 12.1. The fourth-order valence-electron chi connectivity index (χ4n) is 1.48. The predicted octanol–water partition coefficient (Wildman–Crippen LogP) is 0.716. The van der Waals surface area contributed by atoms with Gasteiger partial charge in [-0.1, -0.05) is 12.1 Å². The number of nitrogens with two attached hydrogens (primary N) is 1. The number of hydrogen-bond acceptors (Lipinski definition) is 3. The molecule has 0 saturated heterocycles. The highest BCUT2D eigenvalue weighted by molar-refractivity contribution is 5.84. The second kappa shape index (κ2) is 5.51. The SMILES string of the molecule is CNC(=O)C(C)N(C)c1ccc(CN)cc1. The first-order chi connectivity index (χ1) is 7.60. The first-order valence-electron chi connectivity index (χ1n) is 5.33. The first-order valence-corrected chi connectivity index (χ1v) is 5.33. The molecule has 1 atom stereocenters. The number of anilines is 1. The molecule has 1 amide bonds. The first kappa shape index (κ1) is 12.5. The van der Waals surface area contributed by atoms with Crippen molar-refractivity contribution in [2.24, 2.45) is 5.73 Å². The highest BCUT2D eigenvalue weighted by Crippen LogP contribution is 2.16. The molecule has 0 spiro atoms. The van der Waals surface area contributed by atoms with Crippen molar-refractivity contribution in [1.29, 1.82) is 0 Å². The van der Waals surface area contributed by atoms with Gasteiger partial charge >= 0.3 is 0 Å². The Labute approximate surface area is 96.4 Å². The van der Waals surface area contributed by atoms with Gasteiger partial charge in [0, 0.05) is 26.3 Å². The summed E-state index contributed by atoms with van der Waals surface area (Å²) in [6.07, 6.45) is 0. The molecule has 0 aliphatic carbocycles. The van der Waals surface area contributed by atoms with E-state index in [1.807, 2.05) is 43.1 Å². The van der Waals surface area contributed by atoms with Gasteiger partial charge in [0.25, 0.3) is 0 Å². The number of amides is 1. The van der Waals surface area contributed by atoms with Crippen LogP contribution in [0.3, 0.4) is 0 Å². The third-order valence-corrected chi connectivity index (χ3v) is 2.79. The van der Waals surface area contributed by atoms with Gasteiger partial charge in [-0.2, -0.15) is 0 Å². The van der Waals surface area contributed by atoms with Gasteiger partial charge < -0.3 is 16.0 Å². The Hall–Kier alpha value is -1.55. The van der Waals surface area contributed by atoms with Crippen LogP contribution in [0.25, 0.3) is 0 Å². The molecule has 0 aromatic heterocycles. The topological polar surface area (TPSA) is 58.4 Å². The van der Waals surface area contributed by atoms with Crippen LogP contribution < -0.4 is 16.0 Å². The average molecular weight is 221 g/mol. The summed E-state index contributed by atoms with van der Waals surface area (Å²) >= 11 is 0. The summed E-state index contributed by atoms with van der Waals surface area (Å²) in [4.78, 5) is 13.4. The number of likely N-dealkylation sites (N-methyl/N-ethyl adjacent to an activating group) is 2. The third kappa shape index (κ3) is 2.73. The standard InChI is InChI=1S/C12H19N3O/c1-9(12(16)14-2)15(3)11-6-4-10(8-13)5-7-11/h4-7,9H,8,13H2,1-3H3,(H,14,16). The molecule has 16 heavy (non-hydrogen) atoms. The molecule has 1 rings (SSSR count). The van der Waals surface area contributed by atoms with E-state index in [-0.39, 0.29) is 11.9 Å². The maximum Gasteiger partial charge on any atom is 0.242 e. The average Bonchev–Trinajstić information content (AvgIpc) is 2.36. The van der Waals surface area contributed by atoms with Crippen LogP contribution in [0, 0.1) is 0 Å². The maximum absolute atomic E-state index is 11.5. The summed E-state index contributed by atoms with van der Waals surface area (Å²) in [6.45, 7) is 2.41. The van der Waals surface area contributed by atoms with Crippen LogP contribution >= 0.6 is 0 Å². The van der Waals surface area contributed by atoms with Crippen molar-refractivity contribution in [3.05, 3.63) is 29.8 Å². The lowest BCUT2D eigenvalue weighted by Crippen LogP contribution is -2.41. The normalized spacial score (nSPS) is 12.0. The molecule has 0 radical (unpaired) electrons. The fourth-order valence-corrected chi connectivity index (χ4v) is 1.48. The summed E-state index contributed by atoms with van der Waals surface area (Å²) in [7, 11) is 3.54. The second-order valence-electron chi connectivity index (χ2n) is 3.77. The van der Waals surface area contributed by atoms with Crippen molar-refractivity contribution in [2.45, 2.75) is 19.5 Å². The van der Waals surface area contributed by atoms with Crippen molar-refractivity contribution >= 4 is 11.6 Å². The van der Waals surface area contributed by atoms with E-state index in [0.717, 1.165) is 11.3 Å². The quantitative estimate of drug-likeness (QED) is 0.787. The molecular formula is C12H19N3O. The number of carbonyl (C=O) groups excluding carboxylic acids is 1. The highest BCUT2D eigenvalue weighted by Gasteiger charge is 2.16. The lowest BCUT2D eigenvalue weighted by molar-refractivity contribution is -0.121. The van der Waals surface area contributed by atoms with Gasteiger partial charge in [-0.15, -0.1) is 0 Å². The lowest BCUT2D eigenvalue weighted by Gasteiger charge is -2.25. The van der Waals surface area contributed by atoms with E-state index in [2.05, 4.69) is 5.32 Å². The van der Waals surface area contributed by atoms with Gasteiger partial charge in [0.05, 0.1) is 0 Å². The van der Waals surface area contributed by atoms with Crippen molar-refractivity contribution in [1.82, 2.24) is 5.32 Å². The number of benzene rings is 1. The third-order valence-electron chi connectivity index (χ3n) is 2.79. The number of hydrogen-bond donors (Lipinski definition) is 2. The lowest BCUT2D eigenvalue weighted by atomic mass is 10.1. The van der Waals surface area contributed by atoms with E-state index >= 15 is 0 Å². The van der Waals surface area contributed by atoms with Gasteiger partial charge in [-0.05, 0) is 24.6 Å². The fraction of sp³-hybridized carbons (Fsp3) is 0.417. The molecule has 1 aromatic rings. The van der Waals surface area contributed by atoms with Gasteiger partial charge in [-0.25, -0.2) is 0 Å². The van der Waals surface area contributed by atoms with E-state index in [4.69, 9.17) is 5.73 Å². The van der Waals surface area contributed by atoms with Gasteiger partial charge in [0.2, 0.25) is 5.91 Å². The summed E-state index contributed by atoms with van der Waals surface area (Å²) in [6, 6.07) is 7.71. The molecule has 0 fully saturated rings. The van der Waals surface area contributed by atoms with Crippen LogP contribution in [0.15, 0.2) is 24.3 Å². The number of nitrogens with zero attached hydrogens (tertiary/aromatic N) is 1. The maximum atomic E-state index is 11.5. The second-order valence-corrected chi connectivity index (χ2v) is 3.77. The summed E-state index contributed by atoms with van der Waals surface area (Å²) in [5, 5.41) is 2.64. The smallest absolute Gasteiger partial charge is 0.242 e. The van der Waals surface area contributed by atoms with Crippen LogP contribution in [-0.4, -0.2) is 26.0 Å². The van der Waals surface area contributed by atoms with Crippen molar-refractivity contribution in [3.63, 3.8) is 0 Å². The largest absolute Gasteiger partial charge is 0.363 e. The van der Waals surface area contributed by atoms with Crippen molar-refractivity contribution in [3.8, 4) is 0 Å². The van der Waals surface area contributed by atoms with Gasteiger partial charge in [0.15, 0.2) is 0 Å². The highest BCUT2D eigenvalue weighted by atomic mass is 16.2. The molecular weight excluding hydrogens is 202 g/mol. The van der Waals surface area contributed by atoms with Gasteiger partial charge in [-0.3, -0.25) is 4.79 Å². The van der Waals surface area contributed by atoms with E-state index in [1.165, 1.54) is 0 Å². The van der Waals surface area contributed by atoms with Crippen LogP contribution in [-0.2, 0) is 11.3 Å². The minimum absolute atomic E-state index is 0.00500. The van der Waals surface area contributed by atoms with E-state index < -0.39 is 0 Å². The molecule has 0 aliphatic heterocycles. The number of nitrogens with one attached hydrogen (secondary N) is 1. The Morgan fingerprint density at radius 3 is 2.44 bits per heavy atom. The molecule has 1 aromatic carbocycles. The summed E-state index contributed by atoms with van der Waals surface area (Å²) in [5.74, 6) is 0.00500. The van der Waals surface area contributed by atoms with Crippen LogP contribution in [0.5, 0.6) is 0 Å². The monoisotopic (exact) mass is 221 g/mol. The van der Waals surface area contributed by atoms with Crippen LogP contribution in [0.1, 0.15) is 12.5 Å². The molecule has 0 aliphatic rings. The minimum atomic E-state index is -0.186. The molecule has 4 heteroatoms. The number of rotatable bonds is 4. The minimum Gasteiger partial charge on any atom is -0.363 e. The molecule has 0 heterocycles. The Kier molecular flexibility index (Phi) is 4.31.